The van der Waals surface area contributed by atoms with Gasteiger partial charge in [0.05, 0.1) is 5.75 Å². The van der Waals surface area contributed by atoms with Crippen LogP contribution in [0.1, 0.15) is 44.6 Å². The summed E-state index contributed by atoms with van der Waals surface area (Å²) in [6.45, 7) is 4.86. The van der Waals surface area contributed by atoms with Crippen molar-refractivity contribution in [3.63, 3.8) is 0 Å². The number of thioether (sulfide) groups is 1. The Hall–Kier alpha value is -1.82. The van der Waals surface area contributed by atoms with Gasteiger partial charge in [-0.1, -0.05) is 48.7 Å². The quantitative estimate of drug-likeness (QED) is 0.719. The fourth-order valence-electron chi connectivity index (χ4n) is 3.32. The van der Waals surface area contributed by atoms with Crippen molar-refractivity contribution >= 4 is 17.7 Å². The van der Waals surface area contributed by atoms with Crippen molar-refractivity contribution in [3.05, 3.63) is 29.8 Å². The SMILES string of the molecule is CCN(C(=O)CSc1nnc(-c2ccc(C)cc2)o1)C1CCCCC1. The summed E-state index contributed by atoms with van der Waals surface area (Å²) in [4.78, 5) is 14.6. The third kappa shape index (κ3) is 4.63. The first kappa shape index (κ1) is 18.0. The molecule has 5 nitrogen and oxygen atoms in total. The maximum Gasteiger partial charge on any atom is 0.277 e. The van der Waals surface area contributed by atoms with Crippen LogP contribution in [0.25, 0.3) is 11.5 Å². The molecule has 2 aromatic rings. The molecule has 0 radical (unpaired) electrons. The fourth-order valence-corrected chi connectivity index (χ4v) is 3.97. The number of aryl methyl sites for hydroxylation is 1. The van der Waals surface area contributed by atoms with E-state index in [1.54, 1.807) is 0 Å². The summed E-state index contributed by atoms with van der Waals surface area (Å²) in [7, 11) is 0. The highest BCUT2D eigenvalue weighted by molar-refractivity contribution is 7.99. The van der Waals surface area contributed by atoms with Crippen LogP contribution < -0.4 is 0 Å². The van der Waals surface area contributed by atoms with E-state index in [-0.39, 0.29) is 5.91 Å². The number of aromatic nitrogens is 2. The molecule has 0 atom stereocenters. The fraction of sp³-hybridized carbons (Fsp3) is 0.526. The molecule has 0 unspecified atom stereocenters. The zero-order chi connectivity index (χ0) is 17.6. The van der Waals surface area contributed by atoms with Gasteiger partial charge in [-0.3, -0.25) is 4.79 Å². The Morgan fingerprint density at radius 2 is 1.92 bits per heavy atom. The minimum atomic E-state index is 0.162. The molecule has 1 fully saturated rings. The number of rotatable bonds is 6. The molecule has 25 heavy (non-hydrogen) atoms. The van der Waals surface area contributed by atoms with Gasteiger partial charge in [-0.2, -0.15) is 0 Å². The Kier molecular flexibility index (Phi) is 6.13. The van der Waals surface area contributed by atoms with E-state index in [0.29, 0.717) is 22.9 Å². The zero-order valence-corrected chi connectivity index (χ0v) is 15.7. The van der Waals surface area contributed by atoms with Crippen LogP contribution in [-0.2, 0) is 4.79 Å². The highest BCUT2D eigenvalue weighted by Gasteiger charge is 2.24. The molecule has 0 aliphatic heterocycles. The summed E-state index contributed by atoms with van der Waals surface area (Å²) in [6.07, 6.45) is 6.00. The van der Waals surface area contributed by atoms with E-state index in [1.807, 2.05) is 36.1 Å². The van der Waals surface area contributed by atoms with E-state index in [1.165, 1.54) is 36.6 Å². The number of amides is 1. The van der Waals surface area contributed by atoms with E-state index < -0.39 is 0 Å². The highest BCUT2D eigenvalue weighted by atomic mass is 32.2. The molecule has 1 aliphatic rings. The second kappa shape index (κ2) is 8.52. The van der Waals surface area contributed by atoms with Crippen molar-refractivity contribution in [2.75, 3.05) is 12.3 Å². The summed E-state index contributed by atoms with van der Waals surface area (Å²) in [5.41, 5.74) is 2.08. The van der Waals surface area contributed by atoms with E-state index >= 15 is 0 Å². The number of hydrogen-bond donors (Lipinski definition) is 0. The van der Waals surface area contributed by atoms with Crippen LogP contribution in [0.5, 0.6) is 0 Å². The number of nitrogens with zero attached hydrogens (tertiary/aromatic N) is 3. The molecule has 134 valence electrons. The Bertz CT molecular complexity index is 693. The molecule has 0 saturated heterocycles. The van der Waals surface area contributed by atoms with Gasteiger partial charge in [0, 0.05) is 18.2 Å². The van der Waals surface area contributed by atoms with Crippen molar-refractivity contribution in [2.24, 2.45) is 0 Å². The minimum Gasteiger partial charge on any atom is -0.411 e. The molecule has 1 saturated carbocycles. The topological polar surface area (TPSA) is 59.2 Å². The average molecular weight is 359 g/mol. The maximum atomic E-state index is 12.6. The second-order valence-electron chi connectivity index (χ2n) is 6.50. The van der Waals surface area contributed by atoms with Gasteiger partial charge in [0.25, 0.3) is 5.22 Å². The largest absolute Gasteiger partial charge is 0.411 e. The third-order valence-electron chi connectivity index (χ3n) is 4.70. The van der Waals surface area contributed by atoms with Crippen LogP contribution >= 0.6 is 11.8 Å². The van der Waals surface area contributed by atoms with Gasteiger partial charge in [-0.05, 0) is 38.8 Å². The summed E-state index contributed by atoms with van der Waals surface area (Å²) in [5, 5.41) is 8.59. The molecule has 0 bridgehead atoms. The molecular formula is C19H25N3O2S. The lowest BCUT2D eigenvalue weighted by molar-refractivity contribution is -0.131. The van der Waals surface area contributed by atoms with E-state index in [0.717, 1.165) is 24.9 Å². The van der Waals surface area contributed by atoms with Gasteiger partial charge < -0.3 is 9.32 Å². The minimum absolute atomic E-state index is 0.162. The maximum absolute atomic E-state index is 12.6. The molecule has 0 N–H and O–H groups in total. The molecule has 6 heteroatoms. The van der Waals surface area contributed by atoms with Crippen molar-refractivity contribution in [3.8, 4) is 11.5 Å². The standard InChI is InChI=1S/C19H25N3O2S/c1-3-22(16-7-5-4-6-8-16)17(23)13-25-19-21-20-18(24-19)15-11-9-14(2)10-12-15/h9-12,16H,3-8,13H2,1-2H3. The molecule has 1 aromatic carbocycles. The molecular weight excluding hydrogens is 334 g/mol. The van der Waals surface area contributed by atoms with Crippen LogP contribution in [0.15, 0.2) is 33.9 Å². The predicted molar refractivity (Wildman–Crippen MR) is 99.5 cm³/mol. The molecule has 1 amide bonds. The first-order valence-corrected chi connectivity index (χ1v) is 9.98. The summed E-state index contributed by atoms with van der Waals surface area (Å²) < 4.78 is 5.69. The molecule has 1 heterocycles. The van der Waals surface area contributed by atoms with Crippen molar-refractivity contribution in [2.45, 2.75) is 57.2 Å². The number of hydrogen-bond acceptors (Lipinski definition) is 5. The molecule has 3 rings (SSSR count). The zero-order valence-electron chi connectivity index (χ0n) is 14.9. The smallest absolute Gasteiger partial charge is 0.277 e. The van der Waals surface area contributed by atoms with Gasteiger partial charge in [-0.15, -0.1) is 10.2 Å². The van der Waals surface area contributed by atoms with Crippen LogP contribution in [0.3, 0.4) is 0 Å². The number of benzene rings is 1. The summed E-state index contributed by atoms with van der Waals surface area (Å²) in [5.74, 6) is 1.00. The van der Waals surface area contributed by atoms with Crippen molar-refractivity contribution < 1.29 is 9.21 Å². The van der Waals surface area contributed by atoms with Crippen molar-refractivity contribution in [1.29, 1.82) is 0 Å². The Morgan fingerprint density at radius 1 is 1.20 bits per heavy atom. The Labute approximate surface area is 153 Å². The first-order valence-electron chi connectivity index (χ1n) is 9.00. The van der Waals surface area contributed by atoms with Gasteiger partial charge in [0.1, 0.15) is 0 Å². The highest BCUT2D eigenvalue weighted by Crippen LogP contribution is 2.26. The van der Waals surface area contributed by atoms with Crippen molar-refractivity contribution in [1.82, 2.24) is 15.1 Å². The average Bonchev–Trinajstić information content (AvgIpc) is 3.11. The van der Waals surface area contributed by atoms with Gasteiger partial charge >= 0.3 is 0 Å². The number of carbonyl (C=O) groups excluding carboxylic acids is 1. The lowest BCUT2D eigenvalue weighted by Crippen LogP contribution is -2.42. The lowest BCUT2D eigenvalue weighted by atomic mass is 9.94. The summed E-state index contributed by atoms with van der Waals surface area (Å²) in [6, 6.07) is 8.35. The normalized spacial score (nSPS) is 15.3. The van der Waals surface area contributed by atoms with Crippen LogP contribution in [0, 0.1) is 6.92 Å². The summed E-state index contributed by atoms with van der Waals surface area (Å²) >= 11 is 1.32. The Morgan fingerprint density at radius 3 is 2.60 bits per heavy atom. The Balaban J connectivity index is 1.57. The molecule has 1 aromatic heterocycles. The number of carbonyl (C=O) groups is 1. The van der Waals surface area contributed by atoms with E-state index in [9.17, 15) is 4.79 Å². The third-order valence-corrected chi connectivity index (χ3v) is 5.50. The molecule has 0 spiro atoms. The van der Waals surface area contributed by atoms with Crippen LogP contribution in [0.4, 0.5) is 0 Å². The predicted octanol–water partition coefficient (Wildman–Crippen LogP) is 4.32. The van der Waals surface area contributed by atoms with Crippen LogP contribution in [0.2, 0.25) is 0 Å². The van der Waals surface area contributed by atoms with Gasteiger partial charge in [0.2, 0.25) is 11.8 Å². The van der Waals surface area contributed by atoms with Gasteiger partial charge in [0.15, 0.2) is 0 Å². The van der Waals surface area contributed by atoms with E-state index in [4.69, 9.17) is 4.42 Å². The van der Waals surface area contributed by atoms with E-state index in [2.05, 4.69) is 17.1 Å². The monoisotopic (exact) mass is 359 g/mol. The lowest BCUT2D eigenvalue weighted by Gasteiger charge is -2.33. The molecule has 1 aliphatic carbocycles. The second-order valence-corrected chi connectivity index (χ2v) is 7.43. The van der Waals surface area contributed by atoms with Gasteiger partial charge in [-0.25, -0.2) is 0 Å². The van der Waals surface area contributed by atoms with Crippen LogP contribution in [-0.4, -0.2) is 39.3 Å². The first-order chi connectivity index (χ1) is 12.2.